The van der Waals surface area contributed by atoms with Crippen LogP contribution in [0.1, 0.15) is 21.5 Å². The van der Waals surface area contributed by atoms with Gasteiger partial charge in [-0.05, 0) is 36.4 Å². The first kappa shape index (κ1) is 20.3. The molecule has 2 aromatic carbocycles. The Morgan fingerprint density at radius 3 is 2.74 bits per heavy atom. The Bertz CT molecular complexity index is 1180. The van der Waals surface area contributed by atoms with Gasteiger partial charge in [-0.1, -0.05) is 17.9 Å². The maximum absolute atomic E-state index is 12.8. The topological polar surface area (TPSA) is 76.2 Å². The summed E-state index contributed by atoms with van der Waals surface area (Å²) in [6.45, 7) is 0.879. The molecule has 0 saturated heterocycles. The summed E-state index contributed by atoms with van der Waals surface area (Å²) in [6.07, 6.45) is -3.04. The number of carbonyl (C=O) groups excluding carboxylic acids is 1. The second-order valence-corrected chi connectivity index (χ2v) is 6.58. The second kappa shape index (κ2) is 8.44. The van der Waals surface area contributed by atoms with Crippen LogP contribution in [0.3, 0.4) is 0 Å². The predicted molar refractivity (Wildman–Crippen MR) is 106 cm³/mol. The largest absolute Gasteiger partial charge is 0.486 e. The lowest BCUT2D eigenvalue weighted by Gasteiger charge is -2.18. The molecule has 2 heterocycles. The van der Waals surface area contributed by atoms with Crippen LogP contribution in [0.2, 0.25) is 0 Å². The van der Waals surface area contributed by atoms with Crippen LogP contribution in [-0.4, -0.2) is 35.9 Å². The highest BCUT2D eigenvalue weighted by atomic mass is 19.4. The van der Waals surface area contributed by atoms with Crippen molar-refractivity contribution < 1.29 is 27.4 Å². The molecule has 0 atom stereocenters. The van der Waals surface area contributed by atoms with Gasteiger partial charge < -0.3 is 14.8 Å². The highest BCUT2D eigenvalue weighted by Crippen LogP contribution is 2.34. The summed E-state index contributed by atoms with van der Waals surface area (Å²) in [5, 5.41) is 9.36. The lowest BCUT2D eigenvalue weighted by Crippen LogP contribution is -2.23. The molecule has 0 fully saturated rings. The van der Waals surface area contributed by atoms with Crippen molar-refractivity contribution in [1.29, 1.82) is 0 Å². The number of benzene rings is 2. The first-order valence-electron chi connectivity index (χ1n) is 9.29. The highest BCUT2D eigenvalue weighted by molar-refractivity contribution is 6.00. The lowest BCUT2D eigenvalue weighted by molar-refractivity contribution is -0.137. The minimum atomic E-state index is -4.43. The van der Waals surface area contributed by atoms with Gasteiger partial charge >= 0.3 is 6.18 Å². The van der Waals surface area contributed by atoms with Crippen LogP contribution in [0, 0.1) is 11.8 Å². The van der Waals surface area contributed by atoms with Crippen LogP contribution >= 0.6 is 0 Å². The number of alkyl halides is 3. The molecule has 31 heavy (non-hydrogen) atoms. The van der Waals surface area contributed by atoms with Gasteiger partial charge in [0.1, 0.15) is 13.2 Å². The standard InChI is InChI=1S/C22H16F3N3O3/c23-22(24,25)16-5-1-3-14(11-16)4-2-8-26-21(29)17-13-27-28-20(17)15-6-7-18-19(12-15)31-10-9-30-18/h1,3,5-7,11-13H,8-10H2,(H,26,29)(H,27,28). The molecule has 9 heteroatoms. The van der Waals surface area contributed by atoms with E-state index in [0.717, 1.165) is 12.1 Å². The third-order valence-electron chi connectivity index (χ3n) is 4.47. The Kier molecular flexibility index (Phi) is 5.54. The summed E-state index contributed by atoms with van der Waals surface area (Å²) in [5.74, 6) is 6.07. The van der Waals surface area contributed by atoms with E-state index >= 15 is 0 Å². The number of aromatic amines is 1. The van der Waals surface area contributed by atoms with Crippen LogP contribution < -0.4 is 14.8 Å². The van der Waals surface area contributed by atoms with E-state index in [4.69, 9.17) is 9.47 Å². The molecule has 1 aliphatic heterocycles. The number of ether oxygens (including phenoxy) is 2. The van der Waals surface area contributed by atoms with E-state index in [1.54, 1.807) is 18.2 Å². The highest BCUT2D eigenvalue weighted by Gasteiger charge is 2.30. The number of nitrogens with one attached hydrogen (secondary N) is 2. The predicted octanol–water partition coefficient (Wildman–Crippen LogP) is 3.65. The third kappa shape index (κ3) is 4.64. The Morgan fingerprint density at radius 2 is 1.94 bits per heavy atom. The number of aromatic nitrogens is 2. The quantitative estimate of drug-likeness (QED) is 0.626. The van der Waals surface area contributed by atoms with E-state index in [-0.39, 0.29) is 12.1 Å². The molecule has 2 N–H and O–H groups in total. The molecular formula is C22H16F3N3O3. The average Bonchev–Trinajstić information content (AvgIpc) is 3.26. The third-order valence-corrected chi connectivity index (χ3v) is 4.47. The van der Waals surface area contributed by atoms with Crippen LogP contribution in [0.15, 0.2) is 48.7 Å². The van der Waals surface area contributed by atoms with Crippen molar-refractivity contribution in [3.05, 3.63) is 65.4 Å². The number of amides is 1. The number of H-pyrrole nitrogens is 1. The van der Waals surface area contributed by atoms with Gasteiger partial charge in [-0.3, -0.25) is 9.89 Å². The summed E-state index contributed by atoms with van der Waals surface area (Å²) in [5.41, 5.74) is 0.940. The van der Waals surface area contributed by atoms with Crippen LogP contribution in [0.5, 0.6) is 11.5 Å². The van der Waals surface area contributed by atoms with Gasteiger partial charge in [0, 0.05) is 11.1 Å². The zero-order chi connectivity index (χ0) is 21.8. The van der Waals surface area contributed by atoms with Gasteiger partial charge in [-0.2, -0.15) is 18.3 Å². The average molecular weight is 427 g/mol. The number of hydrogen-bond donors (Lipinski definition) is 2. The van der Waals surface area contributed by atoms with E-state index in [1.165, 1.54) is 18.3 Å². The van der Waals surface area contributed by atoms with Crippen molar-refractivity contribution in [3.63, 3.8) is 0 Å². The van der Waals surface area contributed by atoms with Crippen LogP contribution in [0.4, 0.5) is 13.2 Å². The molecule has 0 aliphatic carbocycles. The van der Waals surface area contributed by atoms with Crippen molar-refractivity contribution in [3.8, 4) is 34.6 Å². The zero-order valence-electron chi connectivity index (χ0n) is 16.0. The molecule has 1 aliphatic rings. The molecule has 0 spiro atoms. The van der Waals surface area contributed by atoms with Crippen molar-refractivity contribution >= 4 is 5.91 Å². The van der Waals surface area contributed by atoms with Gasteiger partial charge in [0.25, 0.3) is 5.91 Å². The van der Waals surface area contributed by atoms with Crippen molar-refractivity contribution in [2.75, 3.05) is 19.8 Å². The number of carbonyl (C=O) groups is 1. The normalized spacial score (nSPS) is 12.6. The summed E-state index contributed by atoms with van der Waals surface area (Å²) >= 11 is 0. The number of halogens is 3. The molecule has 1 aromatic heterocycles. The fraction of sp³-hybridized carbons (Fsp3) is 0.182. The Labute approximate surface area is 175 Å². The van der Waals surface area contributed by atoms with Crippen molar-refractivity contribution in [1.82, 2.24) is 15.5 Å². The maximum Gasteiger partial charge on any atom is 0.416 e. The molecule has 1 amide bonds. The Hall–Kier alpha value is -3.93. The van der Waals surface area contributed by atoms with E-state index in [1.807, 2.05) is 0 Å². The second-order valence-electron chi connectivity index (χ2n) is 6.58. The van der Waals surface area contributed by atoms with E-state index in [0.29, 0.717) is 41.5 Å². The monoisotopic (exact) mass is 427 g/mol. The van der Waals surface area contributed by atoms with E-state index in [2.05, 4.69) is 27.4 Å². The SMILES string of the molecule is O=C(NCC#Cc1cccc(C(F)(F)F)c1)c1cn[nH]c1-c1ccc2c(c1)OCCO2. The first-order chi connectivity index (χ1) is 14.9. The number of hydrogen-bond acceptors (Lipinski definition) is 4. The zero-order valence-corrected chi connectivity index (χ0v) is 16.0. The minimum absolute atomic E-state index is 0.0408. The fourth-order valence-corrected chi connectivity index (χ4v) is 3.02. The molecule has 0 bridgehead atoms. The molecule has 0 saturated carbocycles. The van der Waals surface area contributed by atoms with Gasteiger partial charge in [-0.15, -0.1) is 0 Å². The fourth-order valence-electron chi connectivity index (χ4n) is 3.02. The van der Waals surface area contributed by atoms with Crippen LogP contribution in [0.25, 0.3) is 11.3 Å². The molecule has 4 rings (SSSR count). The minimum Gasteiger partial charge on any atom is -0.486 e. The van der Waals surface area contributed by atoms with Crippen LogP contribution in [-0.2, 0) is 6.18 Å². The Morgan fingerprint density at radius 1 is 1.13 bits per heavy atom. The van der Waals surface area contributed by atoms with E-state index in [9.17, 15) is 18.0 Å². The van der Waals surface area contributed by atoms with E-state index < -0.39 is 17.6 Å². The van der Waals surface area contributed by atoms with Crippen molar-refractivity contribution in [2.24, 2.45) is 0 Å². The summed E-state index contributed by atoms with van der Waals surface area (Å²) in [7, 11) is 0. The molecule has 0 unspecified atom stereocenters. The maximum atomic E-state index is 12.8. The number of nitrogens with zero attached hydrogens (tertiary/aromatic N) is 1. The number of fused-ring (bicyclic) bond motifs is 1. The van der Waals surface area contributed by atoms with Gasteiger partial charge in [0.15, 0.2) is 11.5 Å². The summed E-state index contributed by atoms with van der Waals surface area (Å²) in [4.78, 5) is 12.5. The smallest absolute Gasteiger partial charge is 0.416 e. The van der Waals surface area contributed by atoms with Gasteiger partial charge in [-0.25, -0.2) is 0 Å². The molecule has 0 radical (unpaired) electrons. The Balaban J connectivity index is 1.44. The lowest BCUT2D eigenvalue weighted by atomic mass is 10.1. The summed E-state index contributed by atoms with van der Waals surface area (Å²) < 4.78 is 49.3. The molecule has 6 nitrogen and oxygen atoms in total. The molecule has 3 aromatic rings. The molecule has 158 valence electrons. The molecular weight excluding hydrogens is 411 g/mol. The van der Waals surface area contributed by atoms with Gasteiger partial charge in [0.2, 0.25) is 0 Å². The number of rotatable bonds is 3. The summed E-state index contributed by atoms with van der Waals surface area (Å²) in [6, 6.07) is 10.00. The van der Waals surface area contributed by atoms with Crippen molar-refractivity contribution in [2.45, 2.75) is 6.18 Å². The van der Waals surface area contributed by atoms with Gasteiger partial charge in [0.05, 0.1) is 29.6 Å². The first-order valence-corrected chi connectivity index (χ1v) is 9.29.